The van der Waals surface area contributed by atoms with Crippen molar-refractivity contribution in [2.45, 2.75) is 164 Å². The molecule has 0 aromatic rings. The maximum atomic E-state index is 13.8. The summed E-state index contributed by atoms with van der Waals surface area (Å²) in [6, 6.07) is 0. The molecule has 8 N–H and O–H groups in total. The number of carbonyl (C=O) groups excluding carboxylic acids is 2. The van der Waals surface area contributed by atoms with Crippen LogP contribution in [0.1, 0.15) is 124 Å². The molecule has 20 heteroatoms. The van der Waals surface area contributed by atoms with Crippen molar-refractivity contribution < 1.29 is 76.5 Å². The molecular formula is C37H66O16P4. The molecule has 5 saturated carbocycles. The van der Waals surface area contributed by atoms with Gasteiger partial charge in [0.25, 0.3) is 0 Å². The van der Waals surface area contributed by atoms with Crippen molar-refractivity contribution in [2.24, 2.45) is 46.8 Å². The van der Waals surface area contributed by atoms with Gasteiger partial charge >= 0.3 is 30.4 Å². The van der Waals surface area contributed by atoms with E-state index in [-0.39, 0.29) is 55.1 Å². The molecular weight excluding hydrogens is 824 g/mol. The normalized spacial score (nSPS) is 39.4. The molecule has 0 amide bonds. The second kappa shape index (κ2) is 18.3. The number of hydrogen-bond donors (Lipinski definition) is 8. The van der Waals surface area contributed by atoms with Gasteiger partial charge in [-0.05, 0) is 107 Å². The summed E-state index contributed by atoms with van der Waals surface area (Å²) >= 11 is 0. The minimum atomic E-state index is -5.10. The van der Waals surface area contributed by atoms with E-state index in [0.717, 1.165) is 52.1 Å². The van der Waals surface area contributed by atoms with Crippen LogP contribution in [0.5, 0.6) is 0 Å². The number of carbonyl (C=O) groups is 2. The molecule has 6 unspecified atom stereocenters. The van der Waals surface area contributed by atoms with Crippen molar-refractivity contribution in [1.29, 1.82) is 0 Å². The minimum Gasteiger partial charge on any atom is -0.380 e. The zero-order valence-electron chi connectivity index (χ0n) is 33.5. The van der Waals surface area contributed by atoms with E-state index in [2.05, 4.69) is 6.92 Å². The number of ether oxygens (including phenoxy) is 2. The maximum absolute atomic E-state index is 13.8. The fourth-order valence-electron chi connectivity index (χ4n) is 11.4. The monoisotopic (exact) mass is 890 g/mol. The smallest absolute Gasteiger partial charge is 0.331 e. The van der Waals surface area contributed by atoms with Crippen LogP contribution in [-0.4, -0.2) is 98.8 Å². The van der Waals surface area contributed by atoms with Crippen molar-refractivity contribution in [3.63, 3.8) is 0 Å². The molecule has 0 heterocycles. The summed E-state index contributed by atoms with van der Waals surface area (Å²) in [4.78, 5) is 111. The summed E-state index contributed by atoms with van der Waals surface area (Å²) in [5, 5.41) is 0. The first kappa shape index (κ1) is 47.9. The third-order valence-corrected chi connectivity index (χ3v) is 20.5. The van der Waals surface area contributed by atoms with E-state index in [0.29, 0.717) is 43.8 Å². The SMILES string of the molecule is COC1C(P(=O)(O)O)CC(C(C)(C)C2CC(P(=O)(O)O)C(OC3CCC(C(=O)C4CCCC(C(=O)C5CCC(C)CC5)C4)CC3)C(P(=O)(O)O)C2)CC1P(=O)(O)O. The highest BCUT2D eigenvalue weighted by Crippen LogP contribution is 2.65. The Kier molecular flexibility index (Phi) is 15.4. The van der Waals surface area contributed by atoms with Gasteiger partial charge in [0.05, 0.1) is 40.9 Å². The quantitative estimate of drug-likeness (QED) is 0.102. The highest BCUT2D eigenvalue weighted by Gasteiger charge is 2.60. The standard InChI is InChI=1S/C37H66O16P4/c1-21-8-10-22(11-9-21)33(38)24-6-5-7-25(16-24)34(39)23-12-14-28(15-13-23)53-36-31(56(46,47)48)19-27(20-32(36)57(49,50)51)37(2,3)26-17-29(54(40,41)42)35(52-4)30(18-26)55(43,44)45/h21-32,35-36H,5-20H2,1-4H3,(H2,40,41,42)(H2,43,44,45)(H2,46,47,48)(H2,49,50,51). The molecule has 0 aromatic carbocycles. The van der Waals surface area contributed by atoms with Gasteiger partial charge in [0.2, 0.25) is 0 Å². The molecule has 5 fully saturated rings. The van der Waals surface area contributed by atoms with E-state index in [1.807, 2.05) is 0 Å². The summed E-state index contributed by atoms with van der Waals surface area (Å²) in [6.07, 6.45) is 3.79. The molecule has 0 aliphatic heterocycles. The van der Waals surface area contributed by atoms with Crippen LogP contribution in [-0.2, 0) is 37.3 Å². The lowest BCUT2D eigenvalue weighted by Crippen LogP contribution is -2.54. The van der Waals surface area contributed by atoms with E-state index in [1.54, 1.807) is 13.8 Å². The van der Waals surface area contributed by atoms with Gasteiger partial charge in [0.1, 0.15) is 11.6 Å². The van der Waals surface area contributed by atoms with Gasteiger partial charge in [0.15, 0.2) is 0 Å². The molecule has 330 valence electrons. The summed E-state index contributed by atoms with van der Waals surface area (Å²) in [5.41, 5.74) is -7.66. The van der Waals surface area contributed by atoms with E-state index in [4.69, 9.17) is 9.47 Å². The number of methoxy groups -OCH3 is 1. The van der Waals surface area contributed by atoms with Crippen LogP contribution in [0.25, 0.3) is 0 Å². The van der Waals surface area contributed by atoms with Gasteiger partial charge in [-0.2, -0.15) is 0 Å². The predicted molar refractivity (Wildman–Crippen MR) is 211 cm³/mol. The van der Waals surface area contributed by atoms with Crippen LogP contribution < -0.4 is 0 Å². The van der Waals surface area contributed by atoms with Crippen LogP contribution >= 0.6 is 30.4 Å². The zero-order valence-corrected chi connectivity index (χ0v) is 37.1. The van der Waals surface area contributed by atoms with Crippen molar-refractivity contribution in [3.05, 3.63) is 0 Å². The molecule has 0 saturated heterocycles. The van der Waals surface area contributed by atoms with Crippen LogP contribution in [0.2, 0.25) is 0 Å². The minimum absolute atomic E-state index is 0.0824. The van der Waals surface area contributed by atoms with Gasteiger partial charge in [-0.25, -0.2) is 0 Å². The van der Waals surface area contributed by atoms with Crippen LogP contribution in [0.15, 0.2) is 0 Å². The molecule has 5 aliphatic carbocycles. The first-order chi connectivity index (χ1) is 26.2. The van der Waals surface area contributed by atoms with E-state index >= 15 is 0 Å². The lowest BCUT2D eigenvalue weighted by molar-refractivity contribution is -0.134. The summed E-state index contributed by atoms with van der Waals surface area (Å²) in [6.45, 7) is 5.49. The van der Waals surface area contributed by atoms with Gasteiger partial charge < -0.3 is 48.6 Å². The number of rotatable bonds is 13. The maximum Gasteiger partial charge on any atom is 0.331 e. The Balaban J connectivity index is 1.28. The van der Waals surface area contributed by atoms with E-state index in [1.165, 1.54) is 0 Å². The first-order valence-corrected chi connectivity index (χ1v) is 27.4. The Morgan fingerprint density at radius 1 is 0.509 bits per heavy atom. The van der Waals surface area contributed by atoms with Gasteiger partial charge in [0, 0.05) is 30.8 Å². The topological polar surface area (TPSA) is 283 Å². The molecule has 0 radical (unpaired) electrons. The third kappa shape index (κ3) is 11.3. The first-order valence-electron chi connectivity index (χ1n) is 20.7. The van der Waals surface area contributed by atoms with Crippen molar-refractivity contribution in [2.75, 3.05) is 7.11 Å². The second-order valence-corrected chi connectivity index (χ2v) is 26.2. The molecule has 6 atom stereocenters. The number of hydrogen-bond acceptors (Lipinski definition) is 8. The highest BCUT2D eigenvalue weighted by atomic mass is 31.2. The summed E-state index contributed by atoms with van der Waals surface area (Å²) in [7, 11) is -19.1. The Morgan fingerprint density at radius 3 is 1.21 bits per heavy atom. The van der Waals surface area contributed by atoms with E-state index in [9.17, 15) is 67.0 Å². The zero-order chi connectivity index (χ0) is 42.5. The second-order valence-electron chi connectivity index (χ2n) is 18.9. The Hall–Kier alpha value is -0.140. The molecule has 5 rings (SSSR count). The van der Waals surface area contributed by atoms with Gasteiger partial charge in [-0.3, -0.25) is 27.8 Å². The van der Waals surface area contributed by atoms with Crippen LogP contribution in [0, 0.1) is 46.8 Å². The molecule has 0 aromatic heterocycles. The lowest BCUT2D eigenvalue weighted by Gasteiger charge is -2.53. The lowest BCUT2D eigenvalue weighted by atomic mass is 9.60. The Labute approximate surface area is 336 Å². The fourth-order valence-corrected chi connectivity index (χ4v) is 16.5. The third-order valence-electron chi connectivity index (χ3n) is 15.0. The fraction of sp³-hybridized carbons (Fsp3) is 0.946. The average molecular weight is 891 g/mol. The molecule has 0 spiro atoms. The number of Topliss-reactive ketones (excluding diaryl/α,β-unsaturated/α-hetero) is 2. The van der Waals surface area contributed by atoms with Crippen molar-refractivity contribution in [1.82, 2.24) is 0 Å². The molecule has 16 nitrogen and oxygen atoms in total. The van der Waals surface area contributed by atoms with Crippen molar-refractivity contribution in [3.8, 4) is 0 Å². The van der Waals surface area contributed by atoms with E-state index < -0.39 is 88.6 Å². The number of ketones is 2. The Morgan fingerprint density at radius 2 is 0.860 bits per heavy atom. The van der Waals surface area contributed by atoms with Gasteiger partial charge in [-0.1, -0.05) is 40.0 Å². The average Bonchev–Trinajstić information content (AvgIpc) is 3.12. The van der Waals surface area contributed by atoms with Gasteiger partial charge in [-0.15, -0.1) is 0 Å². The largest absolute Gasteiger partial charge is 0.380 e. The summed E-state index contributed by atoms with van der Waals surface area (Å²) < 4.78 is 63.2. The summed E-state index contributed by atoms with van der Waals surface area (Å²) in [5.74, 6) is -1.10. The molecule has 5 aliphatic rings. The van der Waals surface area contributed by atoms with Crippen LogP contribution in [0.3, 0.4) is 0 Å². The molecule has 0 bridgehead atoms. The van der Waals surface area contributed by atoms with Crippen LogP contribution in [0.4, 0.5) is 0 Å². The predicted octanol–water partition coefficient (Wildman–Crippen LogP) is 5.75. The highest BCUT2D eigenvalue weighted by molar-refractivity contribution is 7.54. The van der Waals surface area contributed by atoms with Crippen molar-refractivity contribution >= 4 is 41.9 Å². The molecule has 57 heavy (non-hydrogen) atoms. The Bertz CT molecular complexity index is 1550.